The molecule has 0 spiro atoms. The molecule has 2 nitrogen and oxygen atoms in total. The molecule has 108 valence electrons. The first-order chi connectivity index (χ1) is 9.06. The van der Waals surface area contributed by atoms with Crippen molar-refractivity contribution < 1.29 is 9.84 Å². The molecule has 19 heavy (non-hydrogen) atoms. The number of benzene rings is 1. The summed E-state index contributed by atoms with van der Waals surface area (Å²) in [4.78, 5) is 0. The van der Waals surface area contributed by atoms with Crippen molar-refractivity contribution in [1.29, 1.82) is 0 Å². The lowest BCUT2D eigenvalue weighted by Crippen LogP contribution is -2.34. The fraction of sp³-hybridized carbons (Fsp3) is 0.647. The molecule has 0 radical (unpaired) electrons. The molecule has 1 atom stereocenters. The van der Waals surface area contributed by atoms with Gasteiger partial charge in [0.05, 0.1) is 18.8 Å². The molecular weight excluding hydrogens is 236 g/mol. The Balaban J connectivity index is 3.01. The van der Waals surface area contributed by atoms with Crippen molar-refractivity contribution in [3.05, 3.63) is 35.4 Å². The first kappa shape index (κ1) is 16.2. The van der Waals surface area contributed by atoms with Crippen LogP contribution in [0.25, 0.3) is 0 Å². The van der Waals surface area contributed by atoms with E-state index in [4.69, 9.17) is 9.84 Å². The maximum atomic E-state index is 8.97. The number of aryl methyl sites for hydroxylation is 1. The number of rotatable bonds is 8. The van der Waals surface area contributed by atoms with Gasteiger partial charge >= 0.3 is 0 Å². The molecule has 1 aromatic carbocycles. The smallest absolute Gasteiger partial charge is 0.0705 e. The summed E-state index contributed by atoms with van der Waals surface area (Å²) >= 11 is 0. The highest BCUT2D eigenvalue weighted by molar-refractivity contribution is 5.32. The van der Waals surface area contributed by atoms with Gasteiger partial charge in [-0.3, -0.25) is 0 Å². The Bertz CT molecular complexity index is 371. The van der Waals surface area contributed by atoms with Crippen molar-refractivity contribution in [3.63, 3.8) is 0 Å². The van der Waals surface area contributed by atoms with Gasteiger partial charge in [0.2, 0.25) is 0 Å². The molecule has 0 aliphatic heterocycles. The van der Waals surface area contributed by atoms with E-state index in [9.17, 15) is 0 Å². The van der Waals surface area contributed by atoms with Crippen molar-refractivity contribution in [2.75, 3.05) is 13.2 Å². The van der Waals surface area contributed by atoms with Crippen LogP contribution in [0.1, 0.15) is 57.6 Å². The fourth-order valence-corrected chi connectivity index (χ4v) is 2.87. The van der Waals surface area contributed by atoms with Gasteiger partial charge in [-0.1, -0.05) is 44.5 Å². The molecule has 0 amide bonds. The number of hydrogen-bond acceptors (Lipinski definition) is 2. The molecular formula is C17H28O2. The highest BCUT2D eigenvalue weighted by Crippen LogP contribution is 2.36. The minimum absolute atomic E-state index is 0.0798. The van der Waals surface area contributed by atoms with Gasteiger partial charge in [-0.2, -0.15) is 0 Å². The van der Waals surface area contributed by atoms with Gasteiger partial charge < -0.3 is 9.84 Å². The standard InChI is InChI=1S/C17H28O2/c1-5-9-14-10-7-8-11-15(14)16(6-2)17(3,4)19-13-12-18/h7-8,10-11,16,18H,5-6,9,12-13H2,1-4H3. The predicted molar refractivity (Wildman–Crippen MR) is 80.6 cm³/mol. The van der Waals surface area contributed by atoms with Crippen LogP contribution in [-0.2, 0) is 11.2 Å². The van der Waals surface area contributed by atoms with Crippen LogP contribution < -0.4 is 0 Å². The minimum Gasteiger partial charge on any atom is -0.394 e. The molecule has 0 aliphatic rings. The van der Waals surface area contributed by atoms with Crippen LogP contribution in [0.4, 0.5) is 0 Å². The summed E-state index contributed by atoms with van der Waals surface area (Å²) < 4.78 is 5.87. The second kappa shape index (κ2) is 7.66. The largest absolute Gasteiger partial charge is 0.394 e. The molecule has 0 aliphatic carbocycles. The molecule has 1 unspecified atom stereocenters. The Morgan fingerprint density at radius 2 is 1.89 bits per heavy atom. The summed E-state index contributed by atoms with van der Waals surface area (Å²) in [5, 5.41) is 8.97. The van der Waals surface area contributed by atoms with Gasteiger partial charge in [-0.05, 0) is 37.8 Å². The van der Waals surface area contributed by atoms with Crippen LogP contribution in [0.3, 0.4) is 0 Å². The second-order valence-electron chi connectivity index (χ2n) is 5.59. The van der Waals surface area contributed by atoms with E-state index in [0.29, 0.717) is 12.5 Å². The molecule has 0 bridgehead atoms. The van der Waals surface area contributed by atoms with E-state index >= 15 is 0 Å². The van der Waals surface area contributed by atoms with Crippen molar-refractivity contribution in [3.8, 4) is 0 Å². The van der Waals surface area contributed by atoms with E-state index < -0.39 is 0 Å². The van der Waals surface area contributed by atoms with Crippen molar-refractivity contribution in [2.24, 2.45) is 0 Å². The number of ether oxygens (including phenoxy) is 1. The zero-order valence-corrected chi connectivity index (χ0v) is 12.8. The zero-order chi connectivity index (χ0) is 14.3. The average Bonchev–Trinajstić information content (AvgIpc) is 2.39. The summed E-state index contributed by atoms with van der Waals surface area (Å²) in [5.74, 6) is 0.363. The SMILES string of the molecule is CCCc1ccccc1C(CC)C(C)(C)OCCO. The maximum Gasteiger partial charge on any atom is 0.0705 e. The summed E-state index contributed by atoms with van der Waals surface area (Å²) in [6.07, 6.45) is 3.31. The molecule has 1 aromatic rings. The van der Waals surface area contributed by atoms with Crippen molar-refractivity contribution >= 4 is 0 Å². The molecule has 0 saturated carbocycles. The van der Waals surface area contributed by atoms with Crippen LogP contribution in [0.2, 0.25) is 0 Å². The van der Waals surface area contributed by atoms with Gasteiger partial charge in [-0.25, -0.2) is 0 Å². The van der Waals surface area contributed by atoms with Gasteiger partial charge in [0.25, 0.3) is 0 Å². The normalized spacial score (nSPS) is 13.5. The summed E-state index contributed by atoms with van der Waals surface area (Å²) in [6, 6.07) is 8.68. The number of hydrogen-bond donors (Lipinski definition) is 1. The highest BCUT2D eigenvalue weighted by Gasteiger charge is 2.31. The summed E-state index contributed by atoms with van der Waals surface area (Å²) in [6.45, 7) is 9.15. The molecule has 0 saturated heterocycles. The lowest BCUT2D eigenvalue weighted by Gasteiger charge is -2.35. The maximum absolute atomic E-state index is 8.97. The topological polar surface area (TPSA) is 29.5 Å². The molecule has 1 rings (SSSR count). The Labute approximate surface area is 117 Å². The lowest BCUT2D eigenvalue weighted by molar-refractivity contribution is -0.0517. The Morgan fingerprint density at radius 3 is 2.47 bits per heavy atom. The third-order valence-corrected chi connectivity index (χ3v) is 3.76. The van der Waals surface area contributed by atoms with Crippen molar-refractivity contribution in [1.82, 2.24) is 0 Å². The van der Waals surface area contributed by atoms with E-state index in [-0.39, 0.29) is 12.2 Å². The van der Waals surface area contributed by atoms with Crippen molar-refractivity contribution in [2.45, 2.75) is 58.5 Å². The van der Waals surface area contributed by atoms with E-state index in [0.717, 1.165) is 19.3 Å². The third kappa shape index (κ3) is 4.32. The first-order valence-electron chi connectivity index (χ1n) is 7.39. The first-order valence-corrected chi connectivity index (χ1v) is 7.39. The number of aliphatic hydroxyl groups excluding tert-OH is 1. The van der Waals surface area contributed by atoms with Crippen LogP contribution in [0.15, 0.2) is 24.3 Å². The van der Waals surface area contributed by atoms with E-state index in [1.165, 1.54) is 11.1 Å². The van der Waals surface area contributed by atoms with Gasteiger partial charge in [0.15, 0.2) is 0 Å². The molecule has 0 heterocycles. The zero-order valence-electron chi connectivity index (χ0n) is 12.8. The monoisotopic (exact) mass is 264 g/mol. The van der Waals surface area contributed by atoms with Gasteiger partial charge in [0, 0.05) is 5.92 Å². The van der Waals surface area contributed by atoms with Gasteiger partial charge in [0.1, 0.15) is 0 Å². The summed E-state index contributed by atoms with van der Waals surface area (Å²) in [5.41, 5.74) is 2.58. The quantitative estimate of drug-likeness (QED) is 0.771. The highest BCUT2D eigenvalue weighted by atomic mass is 16.5. The fourth-order valence-electron chi connectivity index (χ4n) is 2.87. The van der Waals surface area contributed by atoms with E-state index in [1.54, 1.807) is 0 Å². The molecule has 0 fully saturated rings. The van der Waals surface area contributed by atoms with E-state index in [1.807, 2.05) is 0 Å². The molecule has 2 heteroatoms. The predicted octanol–water partition coefficient (Wildman–Crippen LogP) is 3.92. The van der Waals surface area contributed by atoms with E-state index in [2.05, 4.69) is 52.0 Å². The molecule has 0 aromatic heterocycles. The van der Waals surface area contributed by atoms with Crippen LogP contribution in [0, 0.1) is 0 Å². The third-order valence-electron chi connectivity index (χ3n) is 3.76. The minimum atomic E-state index is -0.249. The Kier molecular flexibility index (Phi) is 6.53. The van der Waals surface area contributed by atoms with Crippen LogP contribution in [0.5, 0.6) is 0 Å². The van der Waals surface area contributed by atoms with Crippen LogP contribution in [-0.4, -0.2) is 23.9 Å². The Hall–Kier alpha value is -0.860. The molecule has 1 N–H and O–H groups in total. The lowest BCUT2D eigenvalue weighted by atomic mass is 9.79. The second-order valence-corrected chi connectivity index (χ2v) is 5.59. The number of aliphatic hydroxyl groups is 1. The van der Waals surface area contributed by atoms with Gasteiger partial charge in [-0.15, -0.1) is 0 Å². The Morgan fingerprint density at radius 1 is 1.21 bits per heavy atom. The summed E-state index contributed by atoms with van der Waals surface area (Å²) in [7, 11) is 0. The van der Waals surface area contributed by atoms with Crippen LogP contribution >= 0.6 is 0 Å². The average molecular weight is 264 g/mol.